The van der Waals surface area contributed by atoms with E-state index >= 15 is 0 Å². The molecule has 2 rings (SSSR count). The molecule has 0 aromatic heterocycles. The molecule has 0 aliphatic rings. The lowest BCUT2D eigenvalue weighted by atomic mass is 10.2. The van der Waals surface area contributed by atoms with Gasteiger partial charge in [0.15, 0.2) is 0 Å². The van der Waals surface area contributed by atoms with Gasteiger partial charge in [-0.3, -0.25) is 0 Å². The second-order valence-electron chi connectivity index (χ2n) is 3.84. The molecule has 2 aromatic carbocycles. The molecule has 1 N–H and O–H groups in total. The molecule has 0 aliphatic heterocycles. The van der Waals surface area contributed by atoms with Gasteiger partial charge in [0.05, 0.1) is 10.2 Å². The Labute approximate surface area is 121 Å². The second-order valence-corrected chi connectivity index (χ2v) is 5.13. The summed E-state index contributed by atoms with van der Waals surface area (Å²) in [5.41, 5.74) is 0.423. The van der Waals surface area contributed by atoms with Crippen LogP contribution in [-0.4, -0.2) is 0 Å². The van der Waals surface area contributed by atoms with E-state index in [1.165, 1.54) is 18.2 Å². The highest BCUT2D eigenvalue weighted by Crippen LogP contribution is 2.24. The number of rotatable bonds is 3. The minimum Gasteiger partial charge on any atom is -0.378 e. The Bertz CT molecular complexity index is 619. The van der Waals surface area contributed by atoms with E-state index in [2.05, 4.69) is 21.2 Å². The predicted octanol–water partition coefficient (Wildman–Crippen LogP) is 5.13. The van der Waals surface area contributed by atoms with Crippen molar-refractivity contribution in [1.82, 2.24) is 0 Å². The average molecular weight is 351 g/mol. The lowest BCUT2D eigenvalue weighted by molar-refractivity contribution is 0.580. The first-order valence-electron chi connectivity index (χ1n) is 5.29. The lowest BCUT2D eigenvalue weighted by Crippen LogP contribution is -2.04. The van der Waals surface area contributed by atoms with Crippen LogP contribution in [0, 0.1) is 17.5 Å². The van der Waals surface area contributed by atoms with Crippen LogP contribution in [0.3, 0.4) is 0 Å². The van der Waals surface area contributed by atoms with Crippen LogP contribution in [0.15, 0.2) is 34.8 Å². The standard InChI is InChI=1S/C13H8BrClF3N/c14-9-4-13(12(18)5-11(9)17)19-6-7-1-2-8(15)3-10(7)16/h1-5,19H,6H2. The SMILES string of the molecule is Fc1cc(F)c(NCc2ccc(Cl)cc2F)cc1Br. The lowest BCUT2D eigenvalue weighted by Gasteiger charge is -2.09. The van der Waals surface area contributed by atoms with Crippen LogP contribution < -0.4 is 5.32 Å². The second kappa shape index (κ2) is 5.84. The number of hydrogen-bond acceptors (Lipinski definition) is 1. The summed E-state index contributed by atoms with van der Waals surface area (Å²) < 4.78 is 40.1. The maximum Gasteiger partial charge on any atom is 0.149 e. The van der Waals surface area contributed by atoms with Crippen molar-refractivity contribution < 1.29 is 13.2 Å². The molecule has 100 valence electrons. The molecule has 0 radical (unpaired) electrons. The molecule has 0 heterocycles. The fraction of sp³-hybridized carbons (Fsp3) is 0.0769. The Balaban J connectivity index is 2.16. The van der Waals surface area contributed by atoms with E-state index in [1.54, 1.807) is 6.07 Å². The summed E-state index contributed by atoms with van der Waals surface area (Å²) >= 11 is 8.59. The van der Waals surface area contributed by atoms with Crippen molar-refractivity contribution in [2.75, 3.05) is 5.32 Å². The monoisotopic (exact) mass is 349 g/mol. The molecule has 0 amide bonds. The predicted molar refractivity (Wildman–Crippen MR) is 72.8 cm³/mol. The summed E-state index contributed by atoms with van der Waals surface area (Å²) in [5.74, 6) is -1.92. The summed E-state index contributed by atoms with van der Waals surface area (Å²) in [6.07, 6.45) is 0. The van der Waals surface area contributed by atoms with E-state index in [-0.39, 0.29) is 21.7 Å². The Morgan fingerprint density at radius 3 is 2.42 bits per heavy atom. The van der Waals surface area contributed by atoms with Crippen molar-refractivity contribution in [2.24, 2.45) is 0 Å². The van der Waals surface area contributed by atoms with Gasteiger partial charge in [-0.1, -0.05) is 17.7 Å². The maximum absolute atomic E-state index is 13.5. The van der Waals surface area contributed by atoms with Gasteiger partial charge in [0.1, 0.15) is 17.5 Å². The van der Waals surface area contributed by atoms with Gasteiger partial charge in [-0.15, -0.1) is 0 Å². The summed E-state index contributed by atoms with van der Waals surface area (Å²) in [6, 6.07) is 6.23. The molecule has 1 nitrogen and oxygen atoms in total. The number of hydrogen-bond donors (Lipinski definition) is 1. The van der Waals surface area contributed by atoms with Gasteiger partial charge >= 0.3 is 0 Å². The van der Waals surface area contributed by atoms with Gasteiger partial charge in [0, 0.05) is 23.2 Å². The van der Waals surface area contributed by atoms with E-state index in [0.29, 0.717) is 5.56 Å². The Morgan fingerprint density at radius 2 is 1.74 bits per heavy atom. The fourth-order valence-corrected chi connectivity index (χ4v) is 2.02. The van der Waals surface area contributed by atoms with E-state index in [4.69, 9.17) is 11.6 Å². The smallest absolute Gasteiger partial charge is 0.149 e. The third kappa shape index (κ3) is 3.42. The van der Waals surface area contributed by atoms with Crippen molar-refractivity contribution in [1.29, 1.82) is 0 Å². The number of benzene rings is 2. The molecule has 0 saturated heterocycles. The van der Waals surface area contributed by atoms with Gasteiger partial charge in [0.25, 0.3) is 0 Å². The maximum atomic E-state index is 13.5. The van der Waals surface area contributed by atoms with Gasteiger partial charge in [-0.25, -0.2) is 13.2 Å². The average Bonchev–Trinajstić information content (AvgIpc) is 2.34. The van der Waals surface area contributed by atoms with Crippen LogP contribution in [0.1, 0.15) is 5.56 Å². The van der Waals surface area contributed by atoms with Gasteiger partial charge in [-0.2, -0.15) is 0 Å². The van der Waals surface area contributed by atoms with Gasteiger partial charge < -0.3 is 5.32 Å². The minimum absolute atomic E-state index is 0.0675. The van der Waals surface area contributed by atoms with Crippen LogP contribution in [0.25, 0.3) is 0 Å². The first-order valence-corrected chi connectivity index (χ1v) is 6.47. The molecule has 0 unspecified atom stereocenters. The summed E-state index contributed by atoms with van der Waals surface area (Å²) in [6.45, 7) is 0.0675. The highest BCUT2D eigenvalue weighted by molar-refractivity contribution is 9.10. The summed E-state index contributed by atoms with van der Waals surface area (Å²) in [4.78, 5) is 0. The number of nitrogens with one attached hydrogen (secondary N) is 1. The molecule has 0 atom stereocenters. The minimum atomic E-state index is -0.741. The topological polar surface area (TPSA) is 12.0 Å². The fourth-order valence-electron chi connectivity index (χ4n) is 1.51. The quantitative estimate of drug-likeness (QED) is 0.757. The first kappa shape index (κ1) is 14.2. The molecule has 0 bridgehead atoms. The highest BCUT2D eigenvalue weighted by atomic mass is 79.9. The van der Waals surface area contributed by atoms with Crippen molar-refractivity contribution in [3.63, 3.8) is 0 Å². The van der Waals surface area contributed by atoms with Crippen molar-refractivity contribution in [2.45, 2.75) is 6.54 Å². The van der Waals surface area contributed by atoms with Crippen molar-refractivity contribution in [3.05, 3.63) is 62.8 Å². The van der Waals surface area contributed by atoms with Crippen molar-refractivity contribution in [3.8, 4) is 0 Å². The Hall–Kier alpha value is -1.20. The molecule has 0 saturated carbocycles. The number of halogens is 5. The molecule has 19 heavy (non-hydrogen) atoms. The molecular formula is C13H8BrClF3N. The Kier molecular flexibility index (Phi) is 4.37. The van der Waals surface area contributed by atoms with Crippen LogP contribution in [-0.2, 0) is 6.54 Å². The third-order valence-corrected chi connectivity index (χ3v) is 3.34. The summed E-state index contributed by atoms with van der Waals surface area (Å²) in [7, 11) is 0. The zero-order chi connectivity index (χ0) is 14.0. The van der Waals surface area contributed by atoms with Gasteiger partial charge in [0.2, 0.25) is 0 Å². The zero-order valence-corrected chi connectivity index (χ0v) is 11.8. The molecule has 0 aliphatic carbocycles. The van der Waals surface area contributed by atoms with Crippen LogP contribution in [0.2, 0.25) is 5.02 Å². The van der Waals surface area contributed by atoms with E-state index in [9.17, 15) is 13.2 Å². The van der Waals surface area contributed by atoms with Gasteiger partial charge in [-0.05, 0) is 34.1 Å². The largest absolute Gasteiger partial charge is 0.378 e. The molecule has 2 aromatic rings. The molecule has 6 heteroatoms. The number of anilines is 1. The van der Waals surface area contributed by atoms with Crippen LogP contribution in [0.5, 0.6) is 0 Å². The van der Waals surface area contributed by atoms with E-state index < -0.39 is 17.5 Å². The zero-order valence-electron chi connectivity index (χ0n) is 9.48. The van der Waals surface area contributed by atoms with E-state index in [1.807, 2.05) is 0 Å². The Morgan fingerprint density at radius 1 is 1.00 bits per heavy atom. The third-order valence-electron chi connectivity index (χ3n) is 2.49. The summed E-state index contributed by atoms with van der Waals surface area (Å²) in [5, 5.41) is 2.99. The van der Waals surface area contributed by atoms with E-state index in [0.717, 1.165) is 6.07 Å². The van der Waals surface area contributed by atoms with Crippen LogP contribution in [0.4, 0.5) is 18.9 Å². The molecule has 0 spiro atoms. The van der Waals surface area contributed by atoms with Crippen molar-refractivity contribution >= 4 is 33.2 Å². The molecular weight excluding hydrogens is 343 g/mol. The highest BCUT2D eigenvalue weighted by Gasteiger charge is 2.09. The molecule has 0 fully saturated rings. The first-order chi connectivity index (χ1) is 8.97. The van der Waals surface area contributed by atoms with Crippen LogP contribution >= 0.6 is 27.5 Å². The normalized spacial score (nSPS) is 10.6.